The number of halogens is 1. The largest absolute Gasteiger partial charge is 0.497 e. The maximum Gasteiger partial charge on any atom is 0.332 e. The number of rotatable bonds is 5. The van der Waals surface area contributed by atoms with E-state index in [9.17, 15) is 19.1 Å². The summed E-state index contributed by atoms with van der Waals surface area (Å²) in [5, 5.41) is 9.25. The standard InChI is InChI=1S/C21H20FNO4/c1-23(20(24)16-7-4-8-17(16)21(25)26)19-10-9-14(12-18(19)22)13-5-3-6-15(11-13)27-2/h3,5-6,9-12H,4,7-8H2,1-2H3,(H,25,26)/i2D3. The van der Waals surface area contributed by atoms with E-state index in [1.54, 1.807) is 18.2 Å². The van der Waals surface area contributed by atoms with Crippen molar-refractivity contribution in [1.29, 1.82) is 0 Å². The Morgan fingerprint density at radius 3 is 2.59 bits per heavy atom. The van der Waals surface area contributed by atoms with Crippen LogP contribution in [0.15, 0.2) is 53.6 Å². The average molecular weight is 372 g/mol. The molecule has 3 rings (SSSR count). The molecular formula is C21H20FNO4. The third kappa shape index (κ3) is 3.69. The SMILES string of the molecule is [2H]C([2H])([2H])Oc1cccc(-c2ccc(N(C)C(=O)C3=C(C(=O)O)CCC3)c(F)c2)c1. The molecule has 0 heterocycles. The first-order valence-electron chi connectivity index (χ1n) is 9.89. The van der Waals surface area contributed by atoms with E-state index in [0.29, 0.717) is 30.4 Å². The molecule has 0 radical (unpaired) electrons. The lowest BCUT2D eigenvalue weighted by molar-refractivity contribution is -0.133. The van der Waals surface area contributed by atoms with Gasteiger partial charge in [0.25, 0.3) is 5.91 Å². The van der Waals surface area contributed by atoms with Gasteiger partial charge in [-0.05, 0) is 54.7 Å². The van der Waals surface area contributed by atoms with E-state index in [4.69, 9.17) is 8.85 Å². The molecule has 6 heteroatoms. The first-order valence-corrected chi connectivity index (χ1v) is 8.39. The molecule has 0 spiro atoms. The number of carbonyl (C=O) groups is 2. The van der Waals surface area contributed by atoms with Crippen LogP contribution < -0.4 is 9.64 Å². The van der Waals surface area contributed by atoms with Gasteiger partial charge in [0.05, 0.1) is 16.8 Å². The molecule has 1 aliphatic carbocycles. The molecule has 1 aliphatic rings. The highest BCUT2D eigenvalue weighted by atomic mass is 19.1. The Labute approximate surface area is 160 Å². The number of carboxylic acid groups (broad SMARTS) is 1. The lowest BCUT2D eigenvalue weighted by Gasteiger charge is -2.20. The Balaban J connectivity index is 1.87. The summed E-state index contributed by atoms with van der Waals surface area (Å²) in [7, 11) is -1.20. The zero-order valence-corrected chi connectivity index (χ0v) is 14.7. The van der Waals surface area contributed by atoms with E-state index in [1.807, 2.05) is 0 Å². The van der Waals surface area contributed by atoms with Crippen molar-refractivity contribution in [3.05, 3.63) is 59.4 Å². The first kappa shape index (κ1) is 15.0. The van der Waals surface area contributed by atoms with E-state index in [1.165, 1.54) is 31.3 Å². The summed E-state index contributed by atoms with van der Waals surface area (Å²) in [6.45, 7) is 0. The van der Waals surface area contributed by atoms with Gasteiger partial charge in [-0.1, -0.05) is 18.2 Å². The zero-order chi connectivity index (χ0) is 22.1. The highest BCUT2D eigenvalue weighted by Gasteiger charge is 2.28. The maximum atomic E-state index is 14.8. The van der Waals surface area contributed by atoms with Crippen LogP contribution in [-0.2, 0) is 9.59 Å². The number of hydrogen-bond donors (Lipinski definition) is 1. The van der Waals surface area contributed by atoms with Gasteiger partial charge in [-0.3, -0.25) is 4.79 Å². The van der Waals surface area contributed by atoms with Crippen LogP contribution in [0.4, 0.5) is 10.1 Å². The molecule has 27 heavy (non-hydrogen) atoms. The van der Waals surface area contributed by atoms with Gasteiger partial charge in [-0.2, -0.15) is 0 Å². The second-order valence-electron chi connectivity index (χ2n) is 6.28. The van der Waals surface area contributed by atoms with Crippen molar-refractivity contribution in [2.24, 2.45) is 0 Å². The van der Waals surface area contributed by atoms with Crippen LogP contribution in [-0.4, -0.2) is 31.1 Å². The maximum absolute atomic E-state index is 14.8. The summed E-state index contributed by atoms with van der Waals surface area (Å²) in [4.78, 5) is 25.1. The summed E-state index contributed by atoms with van der Waals surface area (Å²) in [5.74, 6) is -2.21. The number of ether oxygens (including phenoxy) is 1. The van der Waals surface area contributed by atoms with Crippen molar-refractivity contribution in [2.45, 2.75) is 19.3 Å². The topological polar surface area (TPSA) is 66.8 Å². The lowest BCUT2D eigenvalue weighted by atomic mass is 10.0. The van der Waals surface area contributed by atoms with Crippen LogP contribution in [0.2, 0.25) is 0 Å². The van der Waals surface area contributed by atoms with E-state index in [-0.39, 0.29) is 22.6 Å². The number of carbonyl (C=O) groups excluding carboxylic acids is 1. The number of hydrogen-bond acceptors (Lipinski definition) is 3. The molecule has 140 valence electrons. The minimum absolute atomic E-state index is 0.0165. The predicted octanol–water partition coefficient (Wildman–Crippen LogP) is 4.03. The van der Waals surface area contributed by atoms with Gasteiger partial charge in [-0.25, -0.2) is 9.18 Å². The second-order valence-corrected chi connectivity index (χ2v) is 6.28. The van der Waals surface area contributed by atoms with E-state index >= 15 is 0 Å². The van der Waals surface area contributed by atoms with Crippen LogP contribution in [0.25, 0.3) is 11.1 Å². The highest BCUT2D eigenvalue weighted by Crippen LogP contribution is 2.32. The van der Waals surface area contributed by atoms with Gasteiger partial charge in [-0.15, -0.1) is 0 Å². The summed E-state index contributed by atoms with van der Waals surface area (Å²) >= 11 is 0. The van der Waals surface area contributed by atoms with Crippen LogP contribution in [0.5, 0.6) is 5.75 Å². The molecule has 5 nitrogen and oxygen atoms in total. The van der Waals surface area contributed by atoms with Gasteiger partial charge in [0, 0.05) is 18.2 Å². The molecule has 0 aromatic heterocycles. The quantitative estimate of drug-likeness (QED) is 0.861. The third-order valence-corrected chi connectivity index (χ3v) is 4.63. The highest BCUT2D eigenvalue weighted by molar-refractivity contribution is 6.10. The van der Waals surface area contributed by atoms with Crippen molar-refractivity contribution in [1.82, 2.24) is 0 Å². The molecular weight excluding hydrogens is 349 g/mol. The Morgan fingerprint density at radius 2 is 1.89 bits per heavy atom. The molecule has 0 fully saturated rings. The first-order chi connectivity index (χ1) is 14.1. The van der Waals surface area contributed by atoms with Crippen molar-refractivity contribution in [2.75, 3.05) is 19.0 Å². The van der Waals surface area contributed by atoms with Crippen LogP contribution in [0.3, 0.4) is 0 Å². The van der Waals surface area contributed by atoms with Gasteiger partial charge >= 0.3 is 5.97 Å². The lowest BCUT2D eigenvalue weighted by Crippen LogP contribution is -2.29. The van der Waals surface area contributed by atoms with Crippen molar-refractivity contribution < 1.29 is 27.9 Å². The Bertz CT molecular complexity index is 1030. The van der Waals surface area contributed by atoms with Crippen molar-refractivity contribution in [3.8, 4) is 16.9 Å². The van der Waals surface area contributed by atoms with E-state index < -0.39 is 24.7 Å². The van der Waals surface area contributed by atoms with Gasteiger partial charge < -0.3 is 14.7 Å². The third-order valence-electron chi connectivity index (χ3n) is 4.63. The number of amides is 1. The Hall–Kier alpha value is -3.15. The molecule has 1 N–H and O–H groups in total. The summed E-state index contributed by atoms with van der Waals surface area (Å²) in [5.41, 5.74) is 1.31. The monoisotopic (exact) mass is 372 g/mol. The van der Waals surface area contributed by atoms with E-state index in [2.05, 4.69) is 0 Å². The molecule has 0 aliphatic heterocycles. The fourth-order valence-corrected chi connectivity index (χ4v) is 3.23. The minimum Gasteiger partial charge on any atom is -0.497 e. The van der Waals surface area contributed by atoms with Crippen LogP contribution >= 0.6 is 0 Å². The second kappa shape index (κ2) is 7.61. The molecule has 2 aromatic carbocycles. The van der Waals surface area contributed by atoms with Crippen LogP contribution in [0.1, 0.15) is 23.4 Å². The van der Waals surface area contributed by atoms with Gasteiger partial charge in [0.2, 0.25) is 0 Å². The van der Waals surface area contributed by atoms with Crippen molar-refractivity contribution in [3.63, 3.8) is 0 Å². The van der Waals surface area contributed by atoms with E-state index in [0.717, 1.165) is 4.90 Å². The fraction of sp³-hybridized carbons (Fsp3) is 0.238. The Kier molecular flexibility index (Phi) is 4.22. The molecule has 0 bridgehead atoms. The molecule has 0 atom stereocenters. The number of carboxylic acids is 1. The number of anilines is 1. The number of nitrogens with zero attached hydrogens (tertiary/aromatic N) is 1. The number of aliphatic carboxylic acids is 1. The predicted molar refractivity (Wildman–Crippen MR) is 100 cm³/mol. The smallest absolute Gasteiger partial charge is 0.332 e. The number of likely N-dealkylation sites (N-methyl/N-ethyl adjacent to an activating group) is 1. The molecule has 0 saturated heterocycles. The average Bonchev–Trinajstić information content (AvgIpc) is 3.16. The summed E-state index contributed by atoms with van der Waals surface area (Å²) in [6, 6.07) is 10.5. The number of methoxy groups -OCH3 is 1. The van der Waals surface area contributed by atoms with Gasteiger partial charge in [0.15, 0.2) is 0 Å². The minimum atomic E-state index is -2.60. The molecule has 0 unspecified atom stereocenters. The number of benzene rings is 2. The Morgan fingerprint density at radius 1 is 1.15 bits per heavy atom. The molecule has 1 amide bonds. The van der Waals surface area contributed by atoms with Crippen molar-refractivity contribution >= 4 is 17.6 Å². The molecule has 2 aromatic rings. The molecule has 0 saturated carbocycles. The summed E-state index contributed by atoms with van der Waals surface area (Å²) < 4.78 is 41.2. The fourth-order valence-electron chi connectivity index (χ4n) is 3.23. The summed E-state index contributed by atoms with van der Waals surface area (Å²) in [6.07, 6.45) is 1.24. The van der Waals surface area contributed by atoms with Gasteiger partial charge in [0.1, 0.15) is 11.6 Å². The normalized spacial score (nSPS) is 15.7. The zero-order valence-electron chi connectivity index (χ0n) is 17.7. The van der Waals surface area contributed by atoms with Crippen LogP contribution in [0, 0.1) is 5.82 Å².